The Morgan fingerprint density at radius 3 is 2.93 bits per heavy atom. The maximum absolute atomic E-state index is 11.4. The van der Waals surface area contributed by atoms with E-state index in [1.54, 1.807) is 12.1 Å². The van der Waals surface area contributed by atoms with Gasteiger partial charge >= 0.3 is 0 Å². The monoisotopic (exact) mass is 261 g/mol. The SMILES string of the molecule is CC(CO)CNC(=O)c1ccc(Br)o1. The summed E-state index contributed by atoms with van der Waals surface area (Å²) in [7, 11) is 0. The molecule has 1 rings (SSSR count). The minimum absolute atomic E-state index is 0.0531. The molecule has 1 aromatic rings. The lowest BCUT2D eigenvalue weighted by Crippen LogP contribution is -2.29. The third kappa shape index (κ3) is 3.16. The van der Waals surface area contributed by atoms with E-state index in [4.69, 9.17) is 9.52 Å². The molecular weight excluding hydrogens is 250 g/mol. The highest BCUT2D eigenvalue weighted by atomic mass is 79.9. The molecule has 4 nitrogen and oxygen atoms in total. The Hall–Kier alpha value is -0.810. The van der Waals surface area contributed by atoms with Gasteiger partial charge in [0.2, 0.25) is 0 Å². The summed E-state index contributed by atoms with van der Waals surface area (Å²) in [6.07, 6.45) is 0. The predicted octanol–water partition coefficient (Wildman–Crippen LogP) is 1.40. The highest BCUT2D eigenvalue weighted by Gasteiger charge is 2.10. The molecule has 0 aromatic carbocycles. The van der Waals surface area contributed by atoms with E-state index in [0.717, 1.165) is 0 Å². The second kappa shape index (κ2) is 5.17. The highest BCUT2D eigenvalue weighted by Crippen LogP contribution is 2.13. The van der Waals surface area contributed by atoms with Gasteiger partial charge in [-0.3, -0.25) is 4.79 Å². The van der Waals surface area contributed by atoms with Gasteiger partial charge in [-0.05, 0) is 34.0 Å². The van der Waals surface area contributed by atoms with Crippen LogP contribution in [-0.4, -0.2) is 24.2 Å². The lowest BCUT2D eigenvalue weighted by molar-refractivity contribution is 0.0913. The summed E-state index contributed by atoms with van der Waals surface area (Å²) in [6.45, 7) is 2.34. The Kier molecular flexibility index (Phi) is 4.16. The molecule has 0 aliphatic carbocycles. The Balaban J connectivity index is 2.43. The fourth-order valence-corrected chi connectivity index (χ4v) is 1.16. The first-order chi connectivity index (χ1) is 6.63. The standard InChI is InChI=1S/C9H12BrNO3/c1-6(5-12)4-11-9(13)7-2-3-8(10)14-7/h2-3,6,12H,4-5H2,1H3,(H,11,13). The molecule has 0 radical (unpaired) electrons. The number of hydrogen-bond donors (Lipinski definition) is 2. The molecule has 0 saturated carbocycles. The van der Waals surface area contributed by atoms with Gasteiger partial charge < -0.3 is 14.8 Å². The van der Waals surface area contributed by atoms with Crippen molar-refractivity contribution in [1.29, 1.82) is 0 Å². The Morgan fingerprint density at radius 2 is 2.43 bits per heavy atom. The number of furan rings is 1. The van der Waals surface area contributed by atoms with E-state index in [2.05, 4.69) is 21.2 Å². The Labute approximate surface area is 90.4 Å². The van der Waals surface area contributed by atoms with Gasteiger partial charge in [-0.25, -0.2) is 0 Å². The second-order valence-corrected chi connectivity index (χ2v) is 3.88. The van der Waals surface area contributed by atoms with Crippen LogP contribution in [0.4, 0.5) is 0 Å². The number of amides is 1. The normalized spacial score (nSPS) is 12.5. The summed E-state index contributed by atoms with van der Waals surface area (Å²) < 4.78 is 5.58. The number of halogens is 1. The average Bonchev–Trinajstić information content (AvgIpc) is 2.60. The van der Waals surface area contributed by atoms with Crippen molar-refractivity contribution >= 4 is 21.8 Å². The molecule has 1 heterocycles. The Bertz CT molecular complexity index is 311. The molecule has 14 heavy (non-hydrogen) atoms. The number of carbonyl (C=O) groups excluding carboxylic acids is 1. The zero-order chi connectivity index (χ0) is 10.6. The highest BCUT2D eigenvalue weighted by molar-refractivity contribution is 9.10. The first-order valence-electron chi connectivity index (χ1n) is 4.28. The molecule has 1 aromatic heterocycles. The van der Waals surface area contributed by atoms with Crippen molar-refractivity contribution in [1.82, 2.24) is 5.32 Å². The van der Waals surface area contributed by atoms with Crippen molar-refractivity contribution in [2.75, 3.05) is 13.2 Å². The summed E-state index contributed by atoms with van der Waals surface area (Å²) in [4.78, 5) is 11.4. The fraction of sp³-hybridized carbons (Fsp3) is 0.444. The van der Waals surface area contributed by atoms with E-state index in [-0.39, 0.29) is 24.2 Å². The average molecular weight is 262 g/mol. The van der Waals surface area contributed by atoms with E-state index in [0.29, 0.717) is 11.2 Å². The quantitative estimate of drug-likeness (QED) is 0.862. The first kappa shape index (κ1) is 11.3. The lowest BCUT2D eigenvalue weighted by atomic mass is 10.2. The van der Waals surface area contributed by atoms with Crippen molar-refractivity contribution in [3.05, 3.63) is 22.6 Å². The molecule has 1 amide bonds. The van der Waals surface area contributed by atoms with Crippen LogP contribution in [-0.2, 0) is 0 Å². The largest absolute Gasteiger partial charge is 0.444 e. The molecule has 0 bridgehead atoms. The molecular formula is C9H12BrNO3. The molecule has 0 fully saturated rings. The number of carbonyl (C=O) groups is 1. The molecule has 0 aliphatic heterocycles. The Morgan fingerprint density at radius 1 is 1.71 bits per heavy atom. The second-order valence-electron chi connectivity index (χ2n) is 3.10. The molecule has 2 N–H and O–H groups in total. The smallest absolute Gasteiger partial charge is 0.287 e. The van der Waals surface area contributed by atoms with Crippen LogP contribution >= 0.6 is 15.9 Å². The summed E-state index contributed by atoms with van der Waals surface area (Å²) in [6, 6.07) is 3.24. The first-order valence-corrected chi connectivity index (χ1v) is 5.07. The molecule has 0 spiro atoms. The molecule has 0 saturated heterocycles. The topological polar surface area (TPSA) is 62.5 Å². The fourth-order valence-electron chi connectivity index (χ4n) is 0.855. The molecule has 5 heteroatoms. The van der Waals surface area contributed by atoms with Gasteiger partial charge in [0.25, 0.3) is 5.91 Å². The molecule has 0 aliphatic rings. The van der Waals surface area contributed by atoms with Crippen molar-refractivity contribution in [3.8, 4) is 0 Å². The van der Waals surface area contributed by atoms with E-state index >= 15 is 0 Å². The maximum atomic E-state index is 11.4. The number of hydrogen-bond acceptors (Lipinski definition) is 3. The van der Waals surface area contributed by atoms with E-state index in [1.165, 1.54) is 0 Å². The number of aliphatic hydroxyl groups is 1. The maximum Gasteiger partial charge on any atom is 0.287 e. The van der Waals surface area contributed by atoms with Gasteiger partial charge in [0.05, 0.1) is 0 Å². The van der Waals surface area contributed by atoms with Gasteiger partial charge in [-0.15, -0.1) is 0 Å². The number of nitrogens with one attached hydrogen (secondary N) is 1. The third-order valence-corrected chi connectivity index (χ3v) is 2.15. The predicted molar refractivity (Wildman–Crippen MR) is 55.0 cm³/mol. The summed E-state index contributed by atoms with van der Waals surface area (Å²) in [5, 5.41) is 11.4. The van der Waals surface area contributed by atoms with Crippen LogP contribution < -0.4 is 5.32 Å². The number of aliphatic hydroxyl groups excluding tert-OH is 1. The minimum atomic E-state index is -0.268. The molecule has 1 unspecified atom stereocenters. The van der Waals surface area contributed by atoms with Crippen molar-refractivity contribution < 1.29 is 14.3 Å². The third-order valence-electron chi connectivity index (χ3n) is 1.72. The van der Waals surface area contributed by atoms with Crippen LogP contribution in [0, 0.1) is 5.92 Å². The van der Waals surface area contributed by atoms with E-state index in [1.807, 2.05) is 6.92 Å². The van der Waals surface area contributed by atoms with Crippen LogP contribution in [0.15, 0.2) is 21.2 Å². The van der Waals surface area contributed by atoms with Gasteiger partial charge in [0, 0.05) is 13.2 Å². The summed E-state index contributed by atoms with van der Waals surface area (Å²) in [5.74, 6) is 0.0513. The van der Waals surface area contributed by atoms with E-state index in [9.17, 15) is 4.79 Å². The van der Waals surface area contributed by atoms with Gasteiger partial charge in [0.15, 0.2) is 10.4 Å². The van der Waals surface area contributed by atoms with Crippen molar-refractivity contribution in [3.63, 3.8) is 0 Å². The van der Waals surface area contributed by atoms with Gasteiger partial charge in [-0.1, -0.05) is 6.92 Å². The minimum Gasteiger partial charge on any atom is -0.444 e. The van der Waals surface area contributed by atoms with Gasteiger partial charge in [-0.2, -0.15) is 0 Å². The van der Waals surface area contributed by atoms with Crippen molar-refractivity contribution in [2.45, 2.75) is 6.92 Å². The molecule has 78 valence electrons. The van der Waals surface area contributed by atoms with Crippen LogP contribution in [0.2, 0.25) is 0 Å². The molecule has 1 atom stereocenters. The van der Waals surface area contributed by atoms with Crippen molar-refractivity contribution in [2.24, 2.45) is 5.92 Å². The lowest BCUT2D eigenvalue weighted by Gasteiger charge is -2.07. The summed E-state index contributed by atoms with van der Waals surface area (Å²) in [5.41, 5.74) is 0. The summed E-state index contributed by atoms with van der Waals surface area (Å²) >= 11 is 3.11. The zero-order valence-electron chi connectivity index (χ0n) is 7.79. The van der Waals surface area contributed by atoms with E-state index < -0.39 is 0 Å². The van der Waals surface area contributed by atoms with Crippen LogP contribution in [0.1, 0.15) is 17.5 Å². The van der Waals surface area contributed by atoms with Crippen LogP contribution in [0.25, 0.3) is 0 Å². The van der Waals surface area contributed by atoms with Crippen LogP contribution in [0.3, 0.4) is 0 Å². The number of rotatable bonds is 4. The zero-order valence-corrected chi connectivity index (χ0v) is 9.37. The van der Waals surface area contributed by atoms with Crippen LogP contribution in [0.5, 0.6) is 0 Å². The van der Waals surface area contributed by atoms with Gasteiger partial charge in [0.1, 0.15) is 0 Å².